The van der Waals surface area contributed by atoms with Crippen LogP contribution < -0.4 is 16.4 Å². The van der Waals surface area contributed by atoms with Crippen LogP contribution in [0.4, 0.5) is 5.69 Å². The van der Waals surface area contributed by atoms with Crippen LogP contribution in [0.15, 0.2) is 18.2 Å². The van der Waals surface area contributed by atoms with Crippen LogP contribution in [0.3, 0.4) is 0 Å². The summed E-state index contributed by atoms with van der Waals surface area (Å²) in [6.07, 6.45) is 6.08. The van der Waals surface area contributed by atoms with E-state index >= 15 is 0 Å². The minimum Gasteiger partial charge on any atom is -0.399 e. The van der Waals surface area contributed by atoms with Gasteiger partial charge in [0.05, 0.1) is 0 Å². The zero-order valence-corrected chi connectivity index (χ0v) is 11.8. The quantitative estimate of drug-likeness (QED) is 0.548. The van der Waals surface area contributed by atoms with Crippen molar-refractivity contribution in [2.45, 2.75) is 50.6 Å². The van der Waals surface area contributed by atoms with Gasteiger partial charge in [-0.25, -0.2) is 0 Å². The van der Waals surface area contributed by atoms with Crippen molar-refractivity contribution < 1.29 is 4.79 Å². The average Bonchev–Trinajstić information content (AvgIpc) is 3.14. The Morgan fingerprint density at radius 1 is 1.30 bits per heavy atom. The van der Waals surface area contributed by atoms with Crippen molar-refractivity contribution in [3.8, 4) is 0 Å². The lowest BCUT2D eigenvalue weighted by molar-refractivity contribution is -0.121. The number of benzene rings is 1. The summed E-state index contributed by atoms with van der Waals surface area (Å²) in [7, 11) is 0. The monoisotopic (exact) mass is 273 g/mol. The van der Waals surface area contributed by atoms with Crippen molar-refractivity contribution in [1.29, 1.82) is 0 Å². The highest BCUT2D eigenvalue weighted by atomic mass is 16.1. The van der Waals surface area contributed by atoms with Crippen molar-refractivity contribution in [1.82, 2.24) is 10.6 Å². The average molecular weight is 273 g/mol. The predicted octanol–water partition coefficient (Wildman–Crippen LogP) is 1.90. The first-order chi connectivity index (χ1) is 9.72. The van der Waals surface area contributed by atoms with E-state index in [4.69, 9.17) is 5.73 Å². The third kappa shape index (κ3) is 3.31. The maximum atomic E-state index is 11.6. The molecule has 1 fully saturated rings. The predicted molar refractivity (Wildman–Crippen MR) is 80.3 cm³/mol. The maximum absolute atomic E-state index is 11.6. The second kappa shape index (κ2) is 5.83. The number of anilines is 1. The van der Waals surface area contributed by atoms with Gasteiger partial charge in [0.25, 0.3) is 0 Å². The number of carbonyl (C=O) groups is 1. The molecule has 4 N–H and O–H groups in total. The van der Waals surface area contributed by atoms with Gasteiger partial charge in [0, 0.05) is 24.2 Å². The molecule has 4 nitrogen and oxygen atoms in total. The van der Waals surface area contributed by atoms with Crippen molar-refractivity contribution in [2.24, 2.45) is 0 Å². The number of fused-ring (bicyclic) bond motifs is 1. The summed E-state index contributed by atoms with van der Waals surface area (Å²) in [5, 5.41) is 6.58. The van der Waals surface area contributed by atoms with Crippen LogP contribution in [0.5, 0.6) is 0 Å². The summed E-state index contributed by atoms with van der Waals surface area (Å²) in [5.74, 6) is 0.203. The minimum absolute atomic E-state index is 0.203. The van der Waals surface area contributed by atoms with Gasteiger partial charge in [0.2, 0.25) is 5.91 Å². The number of rotatable bonds is 6. The Kier molecular flexibility index (Phi) is 3.92. The molecule has 1 amide bonds. The van der Waals surface area contributed by atoms with Crippen LogP contribution in [0.25, 0.3) is 0 Å². The van der Waals surface area contributed by atoms with E-state index in [0.717, 1.165) is 44.3 Å². The molecule has 1 aromatic rings. The minimum atomic E-state index is 0.203. The molecule has 0 aliphatic heterocycles. The van der Waals surface area contributed by atoms with Crippen LogP contribution in [0, 0.1) is 0 Å². The Labute approximate surface area is 120 Å². The second-order valence-electron chi connectivity index (χ2n) is 5.95. The Morgan fingerprint density at radius 3 is 2.95 bits per heavy atom. The van der Waals surface area contributed by atoms with E-state index in [9.17, 15) is 4.79 Å². The molecule has 20 heavy (non-hydrogen) atoms. The molecule has 1 saturated carbocycles. The molecule has 2 aliphatic rings. The topological polar surface area (TPSA) is 67.1 Å². The lowest BCUT2D eigenvalue weighted by atomic mass is 10.1. The zero-order chi connectivity index (χ0) is 13.9. The van der Waals surface area contributed by atoms with Gasteiger partial charge in [-0.1, -0.05) is 6.07 Å². The standard InChI is InChI=1S/C16H23N3O/c17-12-4-7-14-11(10-12)3-8-15(14)18-9-1-2-16(20)19-13-5-6-13/h4,7,10,13,15,18H,1-3,5-6,8-9,17H2,(H,19,20). The van der Waals surface area contributed by atoms with Gasteiger partial charge in [-0.3, -0.25) is 4.79 Å². The number of nitrogens with one attached hydrogen (secondary N) is 2. The first kappa shape index (κ1) is 13.4. The van der Waals surface area contributed by atoms with E-state index in [0.29, 0.717) is 18.5 Å². The Bertz CT molecular complexity index is 496. The van der Waals surface area contributed by atoms with E-state index in [-0.39, 0.29) is 5.91 Å². The van der Waals surface area contributed by atoms with Crippen molar-refractivity contribution in [3.63, 3.8) is 0 Å². The van der Waals surface area contributed by atoms with E-state index in [1.165, 1.54) is 11.1 Å². The summed E-state index contributed by atoms with van der Waals surface area (Å²) in [5.41, 5.74) is 9.41. The van der Waals surface area contributed by atoms with Crippen molar-refractivity contribution in [3.05, 3.63) is 29.3 Å². The van der Waals surface area contributed by atoms with Gasteiger partial charge in [-0.15, -0.1) is 0 Å². The van der Waals surface area contributed by atoms with E-state index < -0.39 is 0 Å². The van der Waals surface area contributed by atoms with Crippen molar-refractivity contribution >= 4 is 11.6 Å². The van der Waals surface area contributed by atoms with E-state index in [1.54, 1.807) is 0 Å². The number of carbonyl (C=O) groups excluding carboxylic acids is 1. The number of amides is 1. The molecule has 1 aromatic carbocycles. The molecule has 0 saturated heterocycles. The molecule has 1 unspecified atom stereocenters. The smallest absolute Gasteiger partial charge is 0.220 e. The first-order valence-electron chi connectivity index (χ1n) is 7.63. The van der Waals surface area contributed by atoms with Crippen molar-refractivity contribution in [2.75, 3.05) is 12.3 Å². The fourth-order valence-corrected chi connectivity index (χ4v) is 2.90. The summed E-state index contributed by atoms with van der Waals surface area (Å²) < 4.78 is 0. The molecule has 1 atom stereocenters. The molecular weight excluding hydrogens is 250 g/mol. The third-order valence-corrected chi connectivity index (χ3v) is 4.16. The first-order valence-corrected chi connectivity index (χ1v) is 7.63. The molecule has 0 radical (unpaired) electrons. The molecule has 108 valence electrons. The molecule has 2 aliphatic carbocycles. The number of hydrogen-bond acceptors (Lipinski definition) is 3. The molecule has 0 aromatic heterocycles. The fourth-order valence-electron chi connectivity index (χ4n) is 2.90. The largest absolute Gasteiger partial charge is 0.399 e. The maximum Gasteiger partial charge on any atom is 0.220 e. The van der Waals surface area contributed by atoms with Crippen LogP contribution in [-0.4, -0.2) is 18.5 Å². The normalized spacial score (nSPS) is 20.7. The Hall–Kier alpha value is -1.55. The number of aryl methyl sites for hydroxylation is 1. The molecule has 0 bridgehead atoms. The van der Waals surface area contributed by atoms with Gasteiger partial charge in [-0.2, -0.15) is 0 Å². The fraction of sp³-hybridized carbons (Fsp3) is 0.562. The summed E-state index contributed by atoms with van der Waals surface area (Å²) >= 11 is 0. The highest BCUT2D eigenvalue weighted by Gasteiger charge is 2.23. The van der Waals surface area contributed by atoms with Crippen LogP contribution >= 0.6 is 0 Å². The summed E-state index contributed by atoms with van der Waals surface area (Å²) in [6, 6.07) is 7.09. The zero-order valence-electron chi connectivity index (χ0n) is 11.8. The lowest BCUT2D eigenvalue weighted by Gasteiger charge is -2.14. The molecule has 4 heteroatoms. The second-order valence-corrected chi connectivity index (χ2v) is 5.95. The van der Waals surface area contributed by atoms with Gasteiger partial charge in [0.15, 0.2) is 0 Å². The van der Waals surface area contributed by atoms with Gasteiger partial charge in [-0.05, 0) is 61.9 Å². The van der Waals surface area contributed by atoms with Crippen LogP contribution in [-0.2, 0) is 11.2 Å². The number of nitrogens with two attached hydrogens (primary N) is 1. The summed E-state index contributed by atoms with van der Waals surface area (Å²) in [4.78, 5) is 11.6. The molecular formula is C16H23N3O. The molecule has 0 heterocycles. The van der Waals surface area contributed by atoms with E-state index in [2.05, 4.69) is 22.8 Å². The number of nitrogen functional groups attached to an aromatic ring is 1. The van der Waals surface area contributed by atoms with Gasteiger partial charge >= 0.3 is 0 Å². The van der Waals surface area contributed by atoms with Crippen LogP contribution in [0.1, 0.15) is 49.3 Å². The lowest BCUT2D eigenvalue weighted by Crippen LogP contribution is -2.27. The number of hydrogen-bond donors (Lipinski definition) is 3. The van der Waals surface area contributed by atoms with Crippen LogP contribution in [0.2, 0.25) is 0 Å². The molecule has 0 spiro atoms. The summed E-state index contributed by atoms with van der Waals surface area (Å²) in [6.45, 7) is 0.895. The highest BCUT2D eigenvalue weighted by molar-refractivity contribution is 5.76. The Morgan fingerprint density at radius 2 is 2.15 bits per heavy atom. The SMILES string of the molecule is Nc1ccc2c(c1)CCC2NCCCC(=O)NC1CC1. The van der Waals surface area contributed by atoms with E-state index in [1.807, 2.05) is 6.07 Å². The van der Waals surface area contributed by atoms with Gasteiger partial charge in [0.1, 0.15) is 0 Å². The van der Waals surface area contributed by atoms with Gasteiger partial charge < -0.3 is 16.4 Å². The highest BCUT2D eigenvalue weighted by Crippen LogP contribution is 2.32. The third-order valence-electron chi connectivity index (χ3n) is 4.16. The molecule has 3 rings (SSSR count). The Balaban J connectivity index is 1.40.